The molecule has 0 aliphatic rings. The lowest BCUT2D eigenvalue weighted by atomic mass is 10.2. The van der Waals surface area contributed by atoms with E-state index < -0.39 is 0 Å². The van der Waals surface area contributed by atoms with Crippen LogP contribution < -0.4 is 10.1 Å². The Morgan fingerprint density at radius 3 is 2.55 bits per heavy atom. The summed E-state index contributed by atoms with van der Waals surface area (Å²) in [6.45, 7) is 0.598. The molecule has 0 saturated carbocycles. The summed E-state index contributed by atoms with van der Waals surface area (Å²) in [4.78, 5) is 7.88. The molecule has 2 aromatic heterocycles. The number of pyridine rings is 1. The summed E-state index contributed by atoms with van der Waals surface area (Å²) in [5.41, 5.74) is 3.16. The summed E-state index contributed by atoms with van der Waals surface area (Å²) < 4.78 is 19.1. The lowest BCUT2D eigenvalue weighted by Gasteiger charge is -2.09. The smallest absolute Gasteiger partial charge is 0.130 e. The van der Waals surface area contributed by atoms with Gasteiger partial charge in [-0.25, -0.2) is 9.37 Å². The highest BCUT2D eigenvalue weighted by Crippen LogP contribution is 2.27. The van der Waals surface area contributed by atoms with Crippen molar-refractivity contribution in [2.45, 2.75) is 6.54 Å². The van der Waals surface area contributed by atoms with Gasteiger partial charge in [0.15, 0.2) is 0 Å². The molecule has 142 valence electrons. The highest BCUT2D eigenvalue weighted by atomic mass is 19.1. The van der Waals surface area contributed by atoms with E-state index >= 15 is 0 Å². The first-order valence-corrected chi connectivity index (χ1v) is 9.37. The zero-order chi connectivity index (χ0) is 19.6. The molecule has 0 aliphatic carbocycles. The van der Waals surface area contributed by atoms with Crippen molar-refractivity contribution in [3.05, 3.63) is 96.4 Å². The van der Waals surface area contributed by atoms with Crippen molar-refractivity contribution in [1.82, 2.24) is 9.97 Å². The number of rotatable bonds is 5. The van der Waals surface area contributed by atoms with E-state index in [9.17, 15) is 4.39 Å². The Morgan fingerprint density at radius 2 is 1.66 bits per heavy atom. The van der Waals surface area contributed by atoms with Gasteiger partial charge in [0.05, 0.1) is 11.7 Å². The second-order valence-electron chi connectivity index (χ2n) is 6.85. The Hall–Kier alpha value is -3.86. The number of hydrogen-bond acceptors (Lipinski definition) is 3. The number of hydrogen-bond donors (Lipinski definition) is 2. The Kier molecular flexibility index (Phi) is 4.33. The molecule has 0 atom stereocenters. The van der Waals surface area contributed by atoms with Gasteiger partial charge in [-0.2, -0.15) is 0 Å². The zero-order valence-corrected chi connectivity index (χ0v) is 15.5. The van der Waals surface area contributed by atoms with Crippen molar-refractivity contribution < 1.29 is 9.13 Å². The molecule has 29 heavy (non-hydrogen) atoms. The quantitative estimate of drug-likeness (QED) is 0.377. The van der Waals surface area contributed by atoms with E-state index in [-0.39, 0.29) is 5.82 Å². The average molecular weight is 383 g/mol. The fraction of sp³-hybridized carbons (Fsp3) is 0.0417. The van der Waals surface area contributed by atoms with Crippen molar-refractivity contribution in [2.75, 3.05) is 5.32 Å². The fourth-order valence-corrected chi connectivity index (χ4v) is 3.42. The van der Waals surface area contributed by atoms with Gasteiger partial charge >= 0.3 is 0 Å². The van der Waals surface area contributed by atoms with E-state index in [1.54, 1.807) is 12.1 Å². The number of benzene rings is 3. The molecule has 0 unspecified atom stereocenters. The summed E-state index contributed by atoms with van der Waals surface area (Å²) in [7, 11) is 0. The summed E-state index contributed by atoms with van der Waals surface area (Å²) >= 11 is 0. The molecule has 3 aromatic carbocycles. The van der Waals surface area contributed by atoms with Crippen LogP contribution in [0.4, 0.5) is 10.2 Å². The number of fused-ring (bicyclic) bond motifs is 3. The van der Waals surface area contributed by atoms with Crippen LogP contribution in [0.5, 0.6) is 11.5 Å². The number of ether oxygens (including phenoxy) is 1. The third kappa shape index (κ3) is 3.62. The van der Waals surface area contributed by atoms with Crippen molar-refractivity contribution in [3.63, 3.8) is 0 Å². The minimum Gasteiger partial charge on any atom is -0.457 e. The molecule has 2 N–H and O–H groups in total. The summed E-state index contributed by atoms with van der Waals surface area (Å²) in [6.07, 6.45) is 1.85. The first-order chi connectivity index (χ1) is 14.2. The molecule has 0 aliphatic heterocycles. The number of nitrogens with one attached hydrogen (secondary N) is 2. The van der Waals surface area contributed by atoms with Gasteiger partial charge in [0, 0.05) is 28.9 Å². The third-order valence-corrected chi connectivity index (χ3v) is 4.79. The molecule has 0 amide bonds. The summed E-state index contributed by atoms with van der Waals surface area (Å²) in [5, 5.41) is 5.69. The Morgan fingerprint density at radius 1 is 0.828 bits per heavy atom. The highest BCUT2D eigenvalue weighted by molar-refractivity contribution is 6.07. The molecule has 0 fully saturated rings. The van der Waals surface area contributed by atoms with Gasteiger partial charge in [-0.3, -0.25) is 0 Å². The van der Waals surface area contributed by atoms with Gasteiger partial charge in [-0.1, -0.05) is 36.4 Å². The van der Waals surface area contributed by atoms with Crippen molar-refractivity contribution in [2.24, 2.45) is 0 Å². The molecule has 0 bridgehead atoms. The van der Waals surface area contributed by atoms with Crippen molar-refractivity contribution in [1.29, 1.82) is 0 Å². The zero-order valence-electron chi connectivity index (χ0n) is 15.5. The summed E-state index contributed by atoms with van der Waals surface area (Å²) in [6, 6.07) is 24.1. The van der Waals surface area contributed by atoms with E-state index in [4.69, 9.17) is 4.74 Å². The summed E-state index contributed by atoms with van der Waals surface area (Å²) in [5.74, 6) is 1.62. The van der Waals surface area contributed by atoms with E-state index in [1.165, 1.54) is 17.5 Å². The Labute approximate surface area is 167 Å². The highest BCUT2D eigenvalue weighted by Gasteiger charge is 2.06. The van der Waals surface area contributed by atoms with Crippen molar-refractivity contribution >= 4 is 27.6 Å². The van der Waals surface area contributed by atoms with Crippen LogP contribution in [0.3, 0.4) is 0 Å². The number of aromatic amines is 1. The van der Waals surface area contributed by atoms with Crippen LogP contribution in [0.1, 0.15) is 5.56 Å². The molecule has 5 aromatic rings. The van der Waals surface area contributed by atoms with Gasteiger partial charge in [-0.05, 0) is 42.0 Å². The maximum Gasteiger partial charge on any atom is 0.130 e. The van der Waals surface area contributed by atoms with Crippen LogP contribution in [0, 0.1) is 5.82 Å². The number of nitrogens with zero attached hydrogens (tertiary/aromatic N) is 1. The number of para-hydroxylation sites is 1. The van der Waals surface area contributed by atoms with E-state index in [1.807, 2.05) is 42.6 Å². The second kappa shape index (κ2) is 7.28. The van der Waals surface area contributed by atoms with Crippen LogP contribution >= 0.6 is 0 Å². The molecule has 5 rings (SSSR count). The first-order valence-electron chi connectivity index (χ1n) is 9.37. The average Bonchev–Trinajstić information content (AvgIpc) is 3.11. The Balaban J connectivity index is 1.34. The first kappa shape index (κ1) is 17.3. The topological polar surface area (TPSA) is 49.9 Å². The molecule has 4 nitrogen and oxygen atoms in total. The minimum atomic E-state index is -0.320. The maximum absolute atomic E-state index is 13.3. The second-order valence-corrected chi connectivity index (χ2v) is 6.85. The predicted octanol–water partition coefficient (Wildman–Crippen LogP) is 6.26. The van der Waals surface area contributed by atoms with Gasteiger partial charge in [-0.15, -0.1) is 0 Å². The van der Waals surface area contributed by atoms with Crippen LogP contribution in [0.25, 0.3) is 21.8 Å². The molecule has 5 heteroatoms. The van der Waals surface area contributed by atoms with E-state index in [0.29, 0.717) is 18.0 Å². The maximum atomic E-state index is 13.3. The third-order valence-electron chi connectivity index (χ3n) is 4.79. The predicted molar refractivity (Wildman–Crippen MR) is 114 cm³/mol. The molecular weight excluding hydrogens is 365 g/mol. The molecular formula is C24H18FN3O. The van der Waals surface area contributed by atoms with Crippen LogP contribution in [0.15, 0.2) is 85.1 Å². The Bertz CT molecular complexity index is 1310. The SMILES string of the molecule is Fc1cccc(Oc2cccc(CNc3cc4c(cn3)[nH]c3ccccc34)c2)c1. The molecule has 2 heterocycles. The van der Waals surface area contributed by atoms with Crippen LogP contribution in [-0.4, -0.2) is 9.97 Å². The molecule has 0 saturated heterocycles. The van der Waals surface area contributed by atoms with Crippen LogP contribution in [0.2, 0.25) is 0 Å². The van der Waals surface area contributed by atoms with Gasteiger partial charge in [0.25, 0.3) is 0 Å². The van der Waals surface area contributed by atoms with Gasteiger partial charge < -0.3 is 15.0 Å². The number of anilines is 1. The van der Waals surface area contributed by atoms with E-state index in [2.05, 4.69) is 33.5 Å². The minimum absolute atomic E-state index is 0.320. The number of aromatic nitrogens is 2. The van der Waals surface area contributed by atoms with Crippen molar-refractivity contribution in [3.8, 4) is 11.5 Å². The lowest BCUT2D eigenvalue weighted by Crippen LogP contribution is -2.01. The fourth-order valence-electron chi connectivity index (χ4n) is 3.42. The monoisotopic (exact) mass is 383 g/mol. The number of H-pyrrole nitrogens is 1. The standard InChI is InChI=1S/C24H18FN3O/c25-17-6-4-8-19(12-17)29-18-7-3-5-16(11-18)14-26-24-13-21-20-9-1-2-10-22(20)28-23(21)15-27-24/h1-13,15,28H,14H2,(H,26,27). The van der Waals surface area contributed by atoms with Gasteiger partial charge in [0.2, 0.25) is 0 Å². The normalized spacial score (nSPS) is 11.1. The molecule has 0 spiro atoms. The largest absolute Gasteiger partial charge is 0.457 e. The van der Waals surface area contributed by atoms with Gasteiger partial charge in [0.1, 0.15) is 23.1 Å². The molecule has 0 radical (unpaired) electrons. The lowest BCUT2D eigenvalue weighted by molar-refractivity contribution is 0.476. The van der Waals surface area contributed by atoms with E-state index in [0.717, 1.165) is 27.8 Å². The number of halogens is 1. The van der Waals surface area contributed by atoms with Crippen LogP contribution in [-0.2, 0) is 6.54 Å².